The third kappa shape index (κ3) is 2.76. The number of rotatable bonds is 5. The van der Waals surface area contributed by atoms with E-state index in [0.717, 1.165) is 19.4 Å². The summed E-state index contributed by atoms with van der Waals surface area (Å²) in [6.07, 6.45) is 9.46. The second-order valence-electron chi connectivity index (χ2n) is 4.44. The summed E-state index contributed by atoms with van der Waals surface area (Å²) in [5.74, 6) is 0. The van der Waals surface area contributed by atoms with E-state index in [0.29, 0.717) is 0 Å². The van der Waals surface area contributed by atoms with Gasteiger partial charge in [-0.15, -0.1) is 0 Å². The van der Waals surface area contributed by atoms with E-state index < -0.39 is 0 Å². The Bertz CT molecular complexity index is 504. The summed E-state index contributed by atoms with van der Waals surface area (Å²) in [4.78, 5) is 4.15. The van der Waals surface area contributed by atoms with Gasteiger partial charge in [-0.05, 0) is 42.5 Å². The Balaban J connectivity index is 2.13. The summed E-state index contributed by atoms with van der Waals surface area (Å²) in [5, 5.41) is 4.27. The highest BCUT2D eigenvalue weighted by Crippen LogP contribution is 2.19. The molecule has 0 aromatic carbocycles. The summed E-state index contributed by atoms with van der Waals surface area (Å²) < 4.78 is 1.93. The predicted octanol–water partition coefficient (Wildman–Crippen LogP) is 2.10. The van der Waals surface area contributed by atoms with Crippen LogP contribution in [0, 0.1) is 0 Å². The van der Waals surface area contributed by atoms with Crippen LogP contribution in [0.4, 0.5) is 0 Å². The maximum Gasteiger partial charge on any atom is 0.0522 e. The average Bonchev–Trinajstić information content (AvgIpc) is 2.86. The zero-order chi connectivity index (χ0) is 13.0. The molecule has 0 aliphatic rings. The Labute approximate surface area is 108 Å². The second-order valence-corrected chi connectivity index (χ2v) is 4.44. The number of nitrogens with zero attached hydrogens (tertiary/aromatic N) is 3. The van der Waals surface area contributed by atoms with Crippen LogP contribution in [-0.2, 0) is 19.4 Å². The van der Waals surface area contributed by atoms with E-state index in [1.807, 2.05) is 29.3 Å². The molecule has 0 bridgehead atoms. The largest absolute Gasteiger partial charge is 0.324 e. The maximum absolute atomic E-state index is 6.29. The van der Waals surface area contributed by atoms with Gasteiger partial charge in [0.2, 0.25) is 0 Å². The van der Waals surface area contributed by atoms with E-state index in [1.165, 1.54) is 16.7 Å². The van der Waals surface area contributed by atoms with Crippen LogP contribution in [0.3, 0.4) is 0 Å². The predicted molar refractivity (Wildman–Crippen MR) is 72.1 cm³/mol. The Morgan fingerprint density at radius 1 is 1.33 bits per heavy atom. The van der Waals surface area contributed by atoms with Crippen molar-refractivity contribution in [2.45, 2.75) is 39.3 Å². The molecule has 0 spiro atoms. The van der Waals surface area contributed by atoms with Gasteiger partial charge in [0.15, 0.2) is 0 Å². The first-order chi connectivity index (χ1) is 8.74. The van der Waals surface area contributed by atoms with Gasteiger partial charge in [-0.1, -0.05) is 6.92 Å². The molecule has 0 radical (unpaired) electrons. The fraction of sp³-hybridized carbons (Fsp3) is 0.429. The van der Waals surface area contributed by atoms with Crippen LogP contribution in [0.15, 0.2) is 30.9 Å². The molecule has 0 saturated heterocycles. The minimum absolute atomic E-state index is 0.0115. The zero-order valence-electron chi connectivity index (χ0n) is 11.0. The number of pyridine rings is 1. The minimum Gasteiger partial charge on any atom is -0.324 e. The van der Waals surface area contributed by atoms with Gasteiger partial charge in [0.25, 0.3) is 0 Å². The number of hydrogen-bond donors (Lipinski definition) is 1. The summed E-state index contributed by atoms with van der Waals surface area (Å²) in [7, 11) is 0. The Morgan fingerprint density at radius 3 is 2.83 bits per heavy atom. The summed E-state index contributed by atoms with van der Waals surface area (Å²) in [6, 6.07) is 2.03. The van der Waals surface area contributed by atoms with Gasteiger partial charge in [-0.25, -0.2) is 0 Å². The molecule has 1 unspecified atom stereocenters. The van der Waals surface area contributed by atoms with Gasteiger partial charge in [-0.3, -0.25) is 9.67 Å². The van der Waals surface area contributed by atoms with Gasteiger partial charge in [0.1, 0.15) is 0 Å². The lowest BCUT2D eigenvalue weighted by Gasteiger charge is -2.14. The number of nitrogens with two attached hydrogens (primary N) is 1. The fourth-order valence-electron chi connectivity index (χ4n) is 2.14. The fourth-order valence-corrected chi connectivity index (χ4v) is 2.14. The maximum atomic E-state index is 6.29. The molecule has 96 valence electrons. The highest BCUT2D eigenvalue weighted by molar-refractivity contribution is 5.28. The first kappa shape index (κ1) is 12.8. The number of hydrogen-bond acceptors (Lipinski definition) is 3. The summed E-state index contributed by atoms with van der Waals surface area (Å²) in [6.45, 7) is 5.10. The molecule has 2 heterocycles. The van der Waals surface area contributed by atoms with Crippen LogP contribution in [0.1, 0.15) is 36.6 Å². The first-order valence-corrected chi connectivity index (χ1v) is 6.44. The van der Waals surface area contributed by atoms with E-state index in [9.17, 15) is 0 Å². The SMILES string of the molecule is CCc1cnccc1C(N)Cc1cnn(CC)c1. The van der Waals surface area contributed by atoms with Crippen molar-refractivity contribution in [2.24, 2.45) is 5.73 Å². The molecule has 2 N–H and O–H groups in total. The molecule has 1 atom stereocenters. The van der Waals surface area contributed by atoms with Crippen LogP contribution in [0.25, 0.3) is 0 Å². The van der Waals surface area contributed by atoms with Crippen molar-refractivity contribution in [1.82, 2.24) is 14.8 Å². The Kier molecular flexibility index (Phi) is 4.10. The van der Waals surface area contributed by atoms with E-state index in [4.69, 9.17) is 5.73 Å². The number of aromatic nitrogens is 3. The van der Waals surface area contributed by atoms with Crippen LogP contribution in [0.2, 0.25) is 0 Å². The number of aryl methyl sites for hydroxylation is 2. The van der Waals surface area contributed by atoms with E-state index >= 15 is 0 Å². The molecule has 4 heteroatoms. The third-order valence-electron chi connectivity index (χ3n) is 3.19. The second kappa shape index (κ2) is 5.78. The molecular weight excluding hydrogens is 224 g/mol. The van der Waals surface area contributed by atoms with Crippen molar-refractivity contribution in [1.29, 1.82) is 0 Å². The third-order valence-corrected chi connectivity index (χ3v) is 3.19. The van der Waals surface area contributed by atoms with Gasteiger partial charge in [0, 0.05) is 31.2 Å². The molecule has 4 nitrogen and oxygen atoms in total. The molecule has 0 aliphatic carbocycles. The Hall–Kier alpha value is -1.68. The zero-order valence-corrected chi connectivity index (χ0v) is 11.0. The normalized spacial score (nSPS) is 12.6. The van der Waals surface area contributed by atoms with Crippen molar-refractivity contribution in [3.8, 4) is 0 Å². The monoisotopic (exact) mass is 244 g/mol. The quantitative estimate of drug-likeness (QED) is 0.876. The van der Waals surface area contributed by atoms with Gasteiger partial charge in [-0.2, -0.15) is 5.10 Å². The smallest absolute Gasteiger partial charge is 0.0522 e. The van der Waals surface area contributed by atoms with Crippen molar-refractivity contribution in [3.63, 3.8) is 0 Å². The highest BCUT2D eigenvalue weighted by atomic mass is 15.3. The van der Waals surface area contributed by atoms with Gasteiger partial charge >= 0.3 is 0 Å². The van der Waals surface area contributed by atoms with Crippen molar-refractivity contribution >= 4 is 0 Å². The van der Waals surface area contributed by atoms with E-state index in [2.05, 4.69) is 30.1 Å². The standard InChI is InChI=1S/C14H20N4/c1-3-12-9-16-6-5-13(12)14(15)7-11-8-17-18(4-2)10-11/h5-6,8-10,14H,3-4,7,15H2,1-2H3. The summed E-state index contributed by atoms with van der Waals surface area (Å²) in [5.41, 5.74) is 9.89. The van der Waals surface area contributed by atoms with Gasteiger partial charge in [0.05, 0.1) is 6.20 Å². The van der Waals surface area contributed by atoms with E-state index in [-0.39, 0.29) is 6.04 Å². The lowest BCUT2D eigenvalue weighted by molar-refractivity contribution is 0.657. The molecule has 2 aromatic rings. The van der Waals surface area contributed by atoms with Crippen molar-refractivity contribution < 1.29 is 0 Å². The average molecular weight is 244 g/mol. The topological polar surface area (TPSA) is 56.7 Å². The van der Waals surface area contributed by atoms with Crippen molar-refractivity contribution in [2.75, 3.05) is 0 Å². The highest BCUT2D eigenvalue weighted by Gasteiger charge is 2.11. The molecule has 0 aliphatic heterocycles. The summed E-state index contributed by atoms with van der Waals surface area (Å²) >= 11 is 0. The molecule has 0 amide bonds. The lowest BCUT2D eigenvalue weighted by atomic mass is 9.97. The molecule has 2 rings (SSSR count). The van der Waals surface area contributed by atoms with E-state index in [1.54, 1.807) is 0 Å². The van der Waals surface area contributed by atoms with Crippen LogP contribution < -0.4 is 5.73 Å². The van der Waals surface area contributed by atoms with Crippen LogP contribution in [0.5, 0.6) is 0 Å². The lowest BCUT2D eigenvalue weighted by Crippen LogP contribution is -2.15. The molecule has 0 saturated carbocycles. The molecule has 18 heavy (non-hydrogen) atoms. The first-order valence-electron chi connectivity index (χ1n) is 6.44. The molecular formula is C14H20N4. The molecule has 0 fully saturated rings. The Morgan fingerprint density at radius 2 is 2.17 bits per heavy atom. The molecule has 2 aromatic heterocycles. The van der Waals surface area contributed by atoms with Gasteiger partial charge < -0.3 is 5.73 Å². The van der Waals surface area contributed by atoms with Crippen LogP contribution in [-0.4, -0.2) is 14.8 Å². The van der Waals surface area contributed by atoms with Crippen LogP contribution >= 0.6 is 0 Å². The van der Waals surface area contributed by atoms with Crippen molar-refractivity contribution in [3.05, 3.63) is 47.5 Å². The minimum atomic E-state index is 0.0115.